The Morgan fingerprint density at radius 1 is 0.909 bits per heavy atom. The molecule has 2 heterocycles. The summed E-state index contributed by atoms with van der Waals surface area (Å²) in [6.45, 7) is 8.18. The molecular formula is C25H44O8. The van der Waals surface area contributed by atoms with E-state index in [2.05, 4.69) is 13.8 Å². The number of allylic oxidation sites excluding steroid dienone is 2. The van der Waals surface area contributed by atoms with Crippen LogP contribution in [0.25, 0.3) is 0 Å². The number of methoxy groups -OCH3 is 5. The van der Waals surface area contributed by atoms with Crippen molar-refractivity contribution in [3.63, 3.8) is 0 Å². The monoisotopic (exact) mass is 472 g/mol. The molecule has 2 aliphatic rings. The van der Waals surface area contributed by atoms with Gasteiger partial charge in [0.1, 0.15) is 30.5 Å². The maximum absolute atomic E-state index is 10.8. The molecule has 8 heteroatoms. The van der Waals surface area contributed by atoms with Crippen LogP contribution < -0.4 is 0 Å². The van der Waals surface area contributed by atoms with Gasteiger partial charge in [-0.1, -0.05) is 39.0 Å². The number of aliphatic hydroxyl groups is 1. The number of hydrogen-bond donors (Lipinski definition) is 1. The topological polar surface area (TPSA) is 88.1 Å². The summed E-state index contributed by atoms with van der Waals surface area (Å²) in [5, 5.41) is 10.8. The van der Waals surface area contributed by atoms with E-state index in [4.69, 9.17) is 33.2 Å². The van der Waals surface area contributed by atoms with Gasteiger partial charge < -0.3 is 38.3 Å². The van der Waals surface area contributed by atoms with E-state index < -0.39 is 18.5 Å². The minimum atomic E-state index is -0.576. The smallest absolute Gasteiger partial charge is 0.186 e. The van der Waals surface area contributed by atoms with Crippen LogP contribution in [0.3, 0.4) is 0 Å². The van der Waals surface area contributed by atoms with Crippen molar-refractivity contribution in [1.29, 1.82) is 0 Å². The molecule has 0 saturated carbocycles. The van der Waals surface area contributed by atoms with Gasteiger partial charge in [-0.2, -0.15) is 0 Å². The molecule has 0 aromatic heterocycles. The van der Waals surface area contributed by atoms with Gasteiger partial charge in [-0.25, -0.2) is 0 Å². The molecule has 2 rings (SSSR count). The standard InChI is InChI=1S/C25H44O8/c1-10-17(27-5)16(4)20-21(32-20)18(26)14(2)12-11-13-15(3)19-22(28-6)23(29-7)24(30-8)25(31-9)33-19/h11-14,16-26H,10H2,1-9H3/b12-11+,15-13+/t14-,16+,17-,18+,19-,20+,21+,22+,23-,24-,25-/m0/s1. The molecule has 2 fully saturated rings. The molecule has 0 bridgehead atoms. The third-order valence-corrected chi connectivity index (χ3v) is 7.01. The molecular weight excluding hydrogens is 428 g/mol. The van der Waals surface area contributed by atoms with E-state index in [1.165, 1.54) is 0 Å². The van der Waals surface area contributed by atoms with Gasteiger partial charge in [0.25, 0.3) is 0 Å². The van der Waals surface area contributed by atoms with Gasteiger partial charge >= 0.3 is 0 Å². The van der Waals surface area contributed by atoms with Gasteiger partial charge in [-0.05, 0) is 18.9 Å². The number of rotatable bonds is 13. The van der Waals surface area contributed by atoms with Crippen LogP contribution in [0.4, 0.5) is 0 Å². The summed E-state index contributed by atoms with van der Waals surface area (Å²) in [7, 11) is 8.17. The fourth-order valence-electron chi connectivity index (χ4n) is 4.83. The molecule has 33 heavy (non-hydrogen) atoms. The lowest BCUT2D eigenvalue weighted by Crippen LogP contribution is -2.60. The first kappa shape index (κ1) is 28.4. The summed E-state index contributed by atoms with van der Waals surface area (Å²) in [4.78, 5) is 0. The Bertz CT molecular complexity index is 634. The largest absolute Gasteiger partial charge is 0.390 e. The fraction of sp³-hybridized carbons (Fsp3) is 0.840. The lowest BCUT2D eigenvalue weighted by molar-refractivity contribution is -0.295. The second-order valence-electron chi connectivity index (χ2n) is 9.01. The predicted molar refractivity (Wildman–Crippen MR) is 125 cm³/mol. The van der Waals surface area contributed by atoms with E-state index in [9.17, 15) is 5.11 Å². The molecule has 0 spiro atoms. The quantitative estimate of drug-likeness (QED) is 0.323. The Labute approximate surface area is 199 Å². The molecule has 2 aliphatic heterocycles. The van der Waals surface area contributed by atoms with Crippen LogP contribution in [0.5, 0.6) is 0 Å². The lowest BCUT2D eigenvalue weighted by Gasteiger charge is -2.44. The van der Waals surface area contributed by atoms with Gasteiger partial charge in [0.15, 0.2) is 6.29 Å². The number of hydrogen-bond acceptors (Lipinski definition) is 8. The Morgan fingerprint density at radius 2 is 1.55 bits per heavy atom. The number of aliphatic hydroxyl groups excluding tert-OH is 1. The first-order valence-electron chi connectivity index (χ1n) is 11.8. The number of epoxide rings is 1. The van der Waals surface area contributed by atoms with Crippen molar-refractivity contribution in [3.8, 4) is 0 Å². The SMILES string of the molecule is CC[C@H](OC)[C@@H](C)[C@H]1O[C@@H]1[C@H](O)[C@@H](C)/C=C/C=C(\C)[C@@H]1O[C@H](OC)[C@@H](OC)[C@@H](OC)[C@@H]1OC. The van der Waals surface area contributed by atoms with Crippen LogP contribution in [0.2, 0.25) is 0 Å². The Kier molecular flexibility index (Phi) is 11.4. The van der Waals surface area contributed by atoms with E-state index in [0.717, 1.165) is 12.0 Å². The molecule has 2 saturated heterocycles. The Hall–Kier alpha value is -0.840. The predicted octanol–water partition coefficient (Wildman–Crippen LogP) is 2.73. The number of ether oxygens (including phenoxy) is 7. The maximum Gasteiger partial charge on any atom is 0.186 e. The van der Waals surface area contributed by atoms with E-state index in [1.54, 1.807) is 35.5 Å². The fourth-order valence-corrected chi connectivity index (χ4v) is 4.83. The third kappa shape index (κ3) is 6.64. The van der Waals surface area contributed by atoms with E-state index in [1.807, 2.05) is 32.1 Å². The zero-order valence-corrected chi connectivity index (χ0v) is 21.6. The van der Waals surface area contributed by atoms with Crippen LogP contribution in [-0.4, -0.2) is 95.8 Å². The second kappa shape index (κ2) is 13.3. The van der Waals surface area contributed by atoms with Crippen LogP contribution in [0.1, 0.15) is 34.1 Å². The molecule has 0 aliphatic carbocycles. The van der Waals surface area contributed by atoms with Crippen molar-refractivity contribution < 1.29 is 38.3 Å². The van der Waals surface area contributed by atoms with E-state index in [0.29, 0.717) is 0 Å². The Morgan fingerprint density at radius 3 is 2.06 bits per heavy atom. The van der Waals surface area contributed by atoms with Crippen LogP contribution >= 0.6 is 0 Å². The van der Waals surface area contributed by atoms with Crippen molar-refractivity contribution >= 4 is 0 Å². The minimum Gasteiger partial charge on any atom is -0.390 e. The summed E-state index contributed by atoms with van der Waals surface area (Å²) in [5.74, 6) is 0.173. The average Bonchev–Trinajstić information content (AvgIpc) is 3.63. The van der Waals surface area contributed by atoms with E-state index in [-0.39, 0.29) is 48.5 Å². The highest BCUT2D eigenvalue weighted by Gasteiger charge is 2.50. The van der Waals surface area contributed by atoms with Gasteiger partial charge in [-0.15, -0.1) is 0 Å². The van der Waals surface area contributed by atoms with Crippen molar-refractivity contribution in [2.45, 2.75) is 89.2 Å². The van der Waals surface area contributed by atoms with Gasteiger partial charge in [0.2, 0.25) is 0 Å². The molecule has 0 amide bonds. The molecule has 0 unspecified atom stereocenters. The van der Waals surface area contributed by atoms with Gasteiger partial charge in [0.05, 0.1) is 18.3 Å². The molecule has 192 valence electrons. The third-order valence-electron chi connectivity index (χ3n) is 7.01. The zero-order valence-electron chi connectivity index (χ0n) is 21.6. The summed E-state index contributed by atoms with van der Waals surface area (Å²) in [5.41, 5.74) is 0.957. The second-order valence-corrected chi connectivity index (χ2v) is 9.01. The summed E-state index contributed by atoms with van der Waals surface area (Å²) in [6, 6.07) is 0. The average molecular weight is 473 g/mol. The first-order valence-corrected chi connectivity index (χ1v) is 11.8. The molecule has 0 radical (unpaired) electrons. The molecule has 0 aromatic carbocycles. The molecule has 8 nitrogen and oxygen atoms in total. The maximum atomic E-state index is 10.8. The highest BCUT2D eigenvalue weighted by atomic mass is 16.7. The highest BCUT2D eigenvalue weighted by molar-refractivity contribution is 5.19. The van der Waals surface area contributed by atoms with Crippen molar-refractivity contribution in [1.82, 2.24) is 0 Å². The van der Waals surface area contributed by atoms with E-state index >= 15 is 0 Å². The van der Waals surface area contributed by atoms with Crippen LogP contribution in [0, 0.1) is 11.8 Å². The molecule has 11 atom stereocenters. The van der Waals surface area contributed by atoms with Gasteiger partial charge in [0, 0.05) is 47.4 Å². The summed E-state index contributed by atoms with van der Waals surface area (Å²) >= 11 is 0. The van der Waals surface area contributed by atoms with Crippen molar-refractivity contribution in [2.75, 3.05) is 35.5 Å². The lowest BCUT2D eigenvalue weighted by atomic mass is 9.91. The zero-order chi connectivity index (χ0) is 24.7. The minimum absolute atomic E-state index is 0.0295. The van der Waals surface area contributed by atoms with Gasteiger partial charge in [-0.3, -0.25) is 0 Å². The molecule has 0 aromatic rings. The molecule has 1 N–H and O–H groups in total. The Balaban J connectivity index is 2.02. The van der Waals surface area contributed by atoms with Crippen LogP contribution in [-0.2, 0) is 33.2 Å². The summed E-state index contributed by atoms with van der Waals surface area (Å²) in [6.07, 6.45) is 4.20. The van der Waals surface area contributed by atoms with Crippen molar-refractivity contribution in [3.05, 3.63) is 23.8 Å². The first-order chi connectivity index (χ1) is 15.8. The highest BCUT2D eigenvalue weighted by Crippen LogP contribution is 2.37. The van der Waals surface area contributed by atoms with Crippen LogP contribution in [0.15, 0.2) is 23.8 Å². The van der Waals surface area contributed by atoms with Crippen molar-refractivity contribution in [2.24, 2.45) is 11.8 Å². The summed E-state index contributed by atoms with van der Waals surface area (Å²) < 4.78 is 39.9. The normalized spacial score (nSPS) is 36.5.